The summed E-state index contributed by atoms with van der Waals surface area (Å²) in [6, 6.07) is 59.6. The SMILES string of the molecule is CC1(C)c2cc3ccccc3cc2-c2c(/C(=C/Cc3ccc(-c4ccc5oc6cc7ccccc7cc6c5c4)cc3)NCc3ccccc3)cccc21. The lowest BCUT2D eigenvalue weighted by Gasteiger charge is -2.22. The molecule has 10 rings (SSSR count). The van der Waals surface area contributed by atoms with Crippen LogP contribution in [0.15, 0.2) is 174 Å². The molecular formula is C51H39NO. The number of nitrogens with one attached hydrogen (secondary N) is 1. The van der Waals surface area contributed by atoms with Crippen molar-refractivity contribution in [3.63, 3.8) is 0 Å². The van der Waals surface area contributed by atoms with Gasteiger partial charge in [-0.05, 0) is 109 Å². The Morgan fingerprint density at radius 1 is 0.547 bits per heavy atom. The molecule has 1 aliphatic carbocycles. The Balaban J connectivity index is 1.00. The molecule has 1 N–H and O–H groups in total. The van der Waals surface area contributed by atoms with Gasteiger partial charge in [0, 0.05) is 34.0 Å². The van der Waals surface area contributed by atoms with Crippen LogP contribution in [0.4, 0.5) is 0 Å². The Hall–Kier alpha value is -6.38. The lowest BCUT2D eigenvalue weighted by atomic mass is 9.81. The minimum atomic E-state index is -0.0926. The molecule has 8 aromatic carbocycles. The van der Waals surface area contributed by atoms with E-state index in [9.17, 15) is 0 Å². The first kappa shape index (κ1) is 31.4. The molecular weight excluding hydrogens is 643 g/mol. The predicted molar refractivity (Wildman–Crippen MR) is 223 cm³/mol. The van der Waals surface area contributed by atoms with Crippen LogP contribution >= 0.6 is 0 Å². The Morgan fingerprint density at radius 2 is 1.21 bits per heavy atom. The zero-order valence-electron chi connectivity index (χ0n) is 30.0. The summed E-state index contributed by atoms with van der Waals surface area (Å²) >= 11 is 0. The highest BCUT2D eigenvalue weighted by Crippen LogP contribution is 2.52. The Bertz CT molecular complexity index is 2870. The van der Waals surface area contributed by atoms with Crippen molar-refractivity contribution in [2.24, 2.45) is 0 Å². The maximum absolute atomic E-state index is 6.27. The van der Waals surface area contributed by atoms with Gasteiger partial charge in [-0.2, -0.15) is 0 Å². The van der Waals surface area contributed by atoms with E-state index in [1.165, 1.54) is 71.6 Å². The first-order chi connectivity index (χ1) is 26.0. The van der Waals surface area contributed by atoms with Crippen LogP contribution in [0.2, 0.25) is 0 Å². The van der Waals surface area contributed by atoms with E-state index in [1.807, 2.05) is 0 Å². The molecule has 0 spiro atoms. The molecule has 254 valence electrons. The van der Waals surface area contributed by atoms with Gasteiger partial charge in [0.05, 0.1) is 0 Å². The topological polar surface area (TPSA) is 25.2 Å². The fourth-order valence-corrected chi connectivity index (χ4v) is 8.46. The number of rotatable bonds is 7. The van der Waals surface area contributed by atoms with Gasteiger partial charge in [0.25, 0.3) is 0 Å². The minimum absolute atomic E-state index is 0.0926. The zero-order valence-corrected chi connectivity index (χ0v) is 30.0. The van der Waals surface area contributed by atoms with Crippen molar-refractivity contribution in [1.29, 1.82) is 0 Å². The van der Waals surface area contributed by atoms with Gasteiger partial charge in [0.1, 0.15) is 11.2 Å². The van der Waals surface area contributed by atoms with Crippen LogP contribution < -0.4 is 5.32 Å². The molecule has 0 fully saturated rings. The van der Waals surface area contributed by atoms with Crippen molar-refractivity contribution in [2.75, 3.05) is 0 Å². The van der Waals surface area contributed by atoms with Crippen molar-refractivity contribution < 1.29 is 4.42 Å². The summed E-state index contributed by atoms with van der Waals surface area (Å²) in [5, 5.41) is 11.2. The van der Waals surface area contributed by atoms with Gasteiger partial charge in [-0.15, -0.1) is 0 Å². The van der Waals surface area contributed by atoms with E-state index in [2.05, 4.69) is 189 Å². The van der Waals surface area contributed by atoms with Crippen LogP contribution in [0.3, 0.4) is 0 Å². The fourth-order valence-electron chi connectivity index (χ4n) is 8.46. The molecule has 0 unspecified atom stereocenters. The Morgan fingerprint density at radius 3 is 1.98 bits per heavy atom. The van der Waals surface area contributed by atoms with Crippen LogP contribution in [0.5, 0.6) is 0 Å². The van der Waals surface area contributed by atoms with Gasteiger partial charge in [-0.3, -0.25) is 0 Å². The van der Waals surface area contributed by atoms with E-state index in [-0.39, 0.29) is 5.41 Å². The average Bonchev–Trinajstić information content (AvgIpc) is 3.66. The van der Waals surface area contributed by atoms with E-state index in [0.29, 0.717) is 0 Å². The van der Waals surface area contributed by atoms with E-state index in [4.69, 9.17) is 4.42 Å². The molecule has 0 atom stereocenters. The molecule has 1 heterocycles. The lowest BCUT2D eigenvalue weighted by Crippen LogP contribution is -2.16. The smallest absolute Gasteiger partial charge is 0.136 e. The minimum Gasteiger partial charge on any atom is -0.456 e. The van der Waals surface area contributed by atoms with Crippen LogP contribution in [-0.4, -0.2) is 0 Å². The third kappa shape index (κ3) is 5.41. The van der Waals surface area contributed by atoms with Gasteiger partial charge >= 0.3 is 0 Å². The number of hydrogen-bond donors (Lipinski definition) is 1. The average molecular weight is 682 g/mol. The summed E-state index contributed by atoms with van der Waals surface area (Å²) < 4.78 is 6.27. The highest BCUT2D eigenvalue weighted by Gasteiger charge is 2.37. The monoisotopic (exact) mass is 681 g/mol. The number of furan rings is 1. The quantitative estimate of drug-likeness (QED) is 0.181. The highest BCUT2D eigenvalue weighted by molar-refractivity contribution is 6.11. The molecule has 9 aromatic rings. The second-order valence-electron chi connectivity index (χ2n) is 15.0. The van der Waals surface area contributed by atoms with Gasteiger partial charge in [-0.25, -0.2) is 0 Å². The molecule has 0 aliphatic heterocycles. The number of allylic oxidation sites excluding steroid dienone is 1. The summed E-state index contributed by atoms with van der Waals surface area (Å²) in [4.78, 5) is 0. The second kappa shape index (κ2) is 12.4. The number of fused-ring (bicyclic) bond motifs is 8. The maximum Gasteiger partial charge on any atom is 0.136 e. The van der Waals surface area contributed by atoms with Crippen LogP contribution in [0.25, 0.3) is 71.4 Å². The summed E-state index contributed by atoms with van der Waals surface area (Å²) in [6.45, 7) is 5.49. The van der Waals surface area contributed by atoms with Crippen LogP contribution in [0.1, 0.15) is 41.7 Å². The van der Waals surface area contributed by atoms with Crippen molar-refractivity contribution in [3.8, 4) is 22.3 Å². The highest BCUT2D eigenvalue weighted by atomic mass is 16.3. The van der Waals surface area contributed by atoms with E-state index >= 15 is 0 Å². The van der Waals surface area contributed by atoms with Gasteiger partial charge in [-0.1, -0.05) is 147 Å². The van der Waals surface area contributed by atoms with E-state index in [0.717, 1.165) is 40.6 Å². The molecule has 53 heavy (non-hydrogen) atoms. The first-order valence-corrected chi connectivity index (χ1v) is 18.6. The molecule has 0 saturated carbocycles. The summed E-state index contributed by atoms with van der Waals surface area (Å²) in [5.74, 6) is 0. The van der Waals surface area contributed by atoms with Crippen molar-refractivity contribution in [2.45, 2.75) is 32.2 Å². The van der Waals surface area contributed by atoms with Gasteiger partial charge in [0.15, 0.2) is 0 Å². The van der Waals surface area contributed by atoms with Crippen LogP contribution in [-0.2, 0) is 18.4 Å². The standard InChI is InChI=1S/C51H39NO/c1-51(2)45-18-10-17-41(50(45)44-29-37-14-6-8-15-38(37)30-46(44)51)47(52-32-34-11-4-3-5-12-34)25-21-33-19-22-35(23-20-33)40-24-26-48-42(28-40)43-27-36-13-7-9-16-39(36)31-49(43)53-48/h3-20,22-31,52H,21,32H2,1-2H3/b47-25-. The normalized spacial score (nSPS) is 13.5. The molecule has 0 saturated heterocycles. The van der Waals surface area contributed by atoms with E-state index < -0.39 is 0 Å². The fraction of sp³-hybridized carbons (Fsp3) is 0.0980. The van der Waals surface area contributed by atoms with Gasteiger partial charge in [0.2, 0.25) is 0 Å². The van der Waals surface area contributed by atoms with Crippen LogP contribution in [0, 0.1) is 0 Å². The first-order valence-electron chi connectivity index (χ1n) is 18.6. The number of hydrogen-bond acceptors (Lipinski definition) is 2. The maximum atomic E-state index is 6.27. The molecule has 0 bridgehead atoms. The molecule has 2 heteroatoms. The third-order valence-electron chi connectivity index (χ3n) is 11.3. The summed E-state index contributed by atoms with van der Waals surface area (Å²) in [7, 11) is 0. The van der Waals surface area contributed by atoms with Crippen molar-refractivity contribution in [1.82, 2.24) is 5.32 Å². The third-order valence-corrected chi connectivity index (χ3v) is 11.3. The lowest BCUT2D eigenvalue weighted by molar-refractivity contribution is 0.661. The molecule has 0 amide bonds. The van der Waals surface area contributed by atoms with Crippen molar-refractivity contribution >= 4 is 49.2 Å². The number of benzene rings is 8. The summed E-state index contributed by atoms with van der Waals surface area (Å²) in [6.07, 6.45) is 3.20. The Kier molecular flexibility index (Phi) is 7.33. The molecule has 1 aliphatic rings. The van der Waals surface area contributed by atoms with E-state index in [1.54, 1.807) is 0 Å². The van der Waals surface area contributed by atoms with Gasteiger partial charge < -0.3 is 9.73 Å². The summed E-state index contributed by atoms with van der Waals surface area (Å²) in [5.41, 5.74) is 14.6. The molecule has 1 aromatic heterocycles. The molecule has 2 nitrogen and oxygen atoms in total. The molecule has 0 radical (unpaired) electrons. The largest absolute Gasteiger partial charge is 0.456 e. The zero-order chi connectivity index (χ0) is 35.5. The Labute approximate surface area is 310 Å². The second-order valence-corrected chi connectivity index (χ2v) is 15.0. The van der Waals surface area contributed by atoms with Crippen molar-refractivity contribution in [3.05, 3.63) is 198 Å². The predicted octanol–water partition coefficient (Wildman–Crippen LogP) is 13.2.